The monoisotopic (exact) mass is 1570 g/mol. The van der Waals surface area contributed by atoms with Gasteiger partial charge in [0.2, 0.25) is 17.9 Å². The number of aliphatic carboxylic acids is 1. The van der Waals surface area contributed by atoms with Gasteiger partial charge < -0.3 is 95.0 Å². The first kappa shape index (κ1) is 84.2. The molecule has 1 saturated heterocycles. The zero-order chi connectivity index (χ0) is 81.4. The lowest BCUT2D eigenvalue weighted by Crippen LogP contribution is -2.82. The van der Waals surface area contributed by atoms with E-state index >= 15 is 9.59 Å². The Hall–Kier alpha value is -11.2. The average molecular weight is 1570 g/mol. The number of aliphatic hydroxyl groups is 2. The van der Waals surface area contributed by atoms with E-state index in [0.717, 1.165) is 13.8 Å². The average Bonchev–Trinajstić information content (AvgIpc) is 0.668. The van der Waals surface area contributed by atoms with Crippen LogP contribution in [0.3, 0.4) is 0 Å². The maximum atomic E-state index is 15.9. The predicted molar refractivity (Wildman–Crippen MR) is 397 cm³/mol. The number of carbonyl (C=O) groups is 12. The van der Waals surface area contributed by atoms with Gasteiger partial charge in [0, 0.05) is 74.6 Å². The second-order valence-electron chi connectivity index (χ2n) is 28.4. The van der Waals surface area contributed by atoms with Gasteiger partial charge in [-0.25, -0.2) is 24.2 Å². The second kappa shape index (κ2) is 37.4. The summed E-state index contributed by atoms with van der Waals surface area (Å²) in [4.78, 5) is 176. The number of fused-ring (bicyclic) bond motifs is 6. The Kier molecular flexibility index (Phi) is 27.9. The lowest BCUT2D eigenvalue weighted by atomic mass is 9.44. The third kappa shape index (κ3) is 19.8. The first-order valence-corrected chi connectivity index (χ1v) is 36.6. The number of rotatable bonds is 36. The highest BCUT2D eigenvalue weighted by molar-refractivity contribution is 6.33. The van der Waals surface area contributed by atoms with Gasteiger partial charge in [0.15, 0.2) is 35.7 Å². The normalized spacial score (nSPS) is 25.2. The number of Topliss-reactive ketones (excluding diaryl/α,β-unsaturated/α-hetero) is 1. The van der Waals surface area contributed by atoms with Crippen LogP contribution in [0.4, 0.5) is 5.69 Å². The van der Waals surface area contributed by atoms with Crippen LogP contribution in [0.2, 0.25) is 0 Å². The van der Waals surface area contributed by atoms with Crippen LogP contribution in [0.5, 0.6) is 0 Å². The number of ketones is 1. The van der Waals surface area contributed by atoms with Crippen LogP contribution in [0.1, 0.15) is 110 Å². The number of hydrogen-bond acceptors (Lipinski definition) is 29. The number of carboxylic acid groups (broad SMARTS) is 1. The lowest BCUT2D eigenvalue weighted by Gasteiger charge is -2.67. The Morgan fingerprint density at radius 3 is 1.92 bits per heavy atom. The maximum Gasteiger partial charge on any atom is 0.350 e. The van der Waals surface area contributed by atoms with Gasteiger partial charge in [-0.3, -0.25) is 53.7 Å². The molecule has 0 spiro atoms. The van der Waals surface area contributed by atoms with E-state index < -0.39 is 186 Å². The van der Waals surface area contributed by atoms with Crippen molar-refractivity contribution in [2.75, 3.05) is 84.4 Å². The summed E-state index contributed by atoms with van der Waals surface area (Å²) in [5, 5.41) is 52.2. The molecule has 5 amide bonds. The third-order valence-electron chi connectivity index (χ3n) is 20.7. The molecule has 0 radical (unpaired) electrons. The number of nitrogens with two attached hydrogens (primary N) is 1. The highest BCUT2D eigenvalue weighted by Gasteiger charge is 2.78. The molecule has 11 N–H and O–H groups in total. The van der Waals surface area contributed by atoms with Gasteiger partial charge in [0.25, 0.3) is 17.7 Å². The van der Waals surface area contributed by atoms with Crippen molar-refractivity contribution in [3.63, 3.8) is 0 Å². The molecule has 4 aromatic carbocycles. The van der Waals surface area contributed by atoms with Crippen LogP contribution in [0.15, 0.2) is 141 Å². The quantitative estimate of drug-likeness (QED) is 0.0133. The molecule has 604 valence electrons. The number of guanidine groups is 1. The number of aliphatic imine (C=N–C) groups is 3. The molecule has 14 atom stereocenters. The van der Waals surface area contributed by atoms with E-state index in [9.17, 15) is 63.3 Å². The molecular weight excluding hydrogens is 1480 g/mol. The van der Waals surface area contributed by atoms with E-state index in [1.807, 2.05) is 0 Å². The predicted octanol–water partition coefficient (Wildman–Crippen LogP) is 1.33. The van der Waals surface area contributed by atoms with Gasteiger partial charge in [0.05, 0.1) is 81.5 Å². The first-order chi connectivity index (χ1) is 53.9. The van der Waals surface area contributed by atoms with Crippen LogP contribution in [-0.2, 0) is 90.5 Å². The molecule has 2 saturated carbocycles. The molecule has 4 aromatic rings. The minimum absolute atomic E-state index is 0.00278. The van der Waals surface area contributed by atoms with Crippen molar-refractivity contribution < 1.29 is 120 Å². The number of esters is 5. The highest BCUT2D eigenvalue weighted by Crippen LogP contribution is 2.64. The van der Waals surface area contributed by atoms with E-state index in [0.29, 0.717) is 11.4 Å². The van der Waals surface area contributed by atoms with Gasteiger partial charge in [0.1, 0.15) is 49.2 Å². The smallest absolute Gasteiger partial charge is 0.350 e. The van der Waals surface area contributed by atoms with Gasteiger partial charge in [-0.15, -0.1) is 0 Å². The summed E-state index contributed by atoms with van der Waals surface area (Å²) < 4.78 is 58.9. The minimum atomic E-state index is -2.56. The fourth-order valence-electron chi connectivity index (χ4n) is 14.9. The van der Waals surface area contributed by atoms with E-state index in [1.54, 1.807) is 66.7 Å². The Morgan fingerprint density at radius 1 is 0.708 bits per heavy atom. The van der Waals surface area contributed by atoms with Gasteiger partial charge >= 0.3 is 35.8 Å². The van der Waals surface area contributed by atoms with Crippen LogP contribution in [0.25, 0.3) is 0 Å². The summed E-state index contributed by atoms with van der Waals surface area (Å²) in [6, 6.07) is 25.9. The molecule has 3 heterocycles. The van der Waals surface area contributed by atoms with E-state index in [1.165, 1.54) is 82.4 Å². The Morgan fingerprint density at radius 2 is 1.31 bits per heavy atom. The number of hydrogen-bond donors (Lipinski definition) is 10. The summed E-state index contributed by atoms with van der Waals surface area (Å²) in [5.74, 6) is -12.3. The number of carbonyl (C=O) groups excluding carboxylic acids is 11. The Balaban J connectivity index is 0.699. The van der Waals surface area contributed by atoms with Gasteiger partial charge in [-0.05, 0) is 85.5 Å². The standard InChI is InChI=1S/C78H92N10O25/c1-43-53(37-78(103)66(112-72(101)49-20-14-9-15-21-49)64-76(6,54(91)36-55-77(64,42-108-55)113-45(3)90)65(95)62(109-44(2)89)59(43)75(78,4)5)110-73(102)63(60(46-16-10-7-11-17-46)86-69(97)47-18-12-8-13-19-47)111-58(94)41-107-40-57(93)81-29-31-105-33-35-106-34-32-104-30-28-80-56(92)27-26-52(71(99)100)85-68(96)48-22-24-50(25-23-48)82-38-51-39-83-67-61(84-51)70(98)88-74(79)87-67/h7-25,39,52-55,60-64,66-67,82,91,103H,26-38,40-42H2,1-6H3,(H,80,92)(H,81,93)(H,85,96)(H,86,97)(H,99,100)(H3,79,87,88,98)/t52-,53-,54-,55+,60-,61?,62+,63+,64-,66-,67?,76+,77-,78+/m0/s1. The van der Waals surface area contributed by atoms with Crippen LogP contribution >= 0.6 is 0 Å². The number of nitrogens with one attached hydrogen (secondary N) is 6. The molecule has 3 aliphatic carbocycles. The summed E-state index contributed by atoms with van der Waals surface area (Å²) in [7, 11) is 0. The van der Waals surface area contributed by atoms with Gasteiger partial charge in [-0.1, -0.05) is 80.6 Å². The molecule has 113 heavy (non-hydrogen) atoms. The van der Waals surface area contributed by atoms with Crippen molar-refractivity contribution in [2.24, 2.45) is 37.5 Å². The maximum absolute atomic E-state index is 15.9. The summed E-state index contributed by atoms with van der Waals surface area (Å²) in [6.07, 6.45) is -11.2. The van der Waals surface area contributed by atoms with Crippen LogP contribution < -0.4 is 37.6 Å². The van der Waals surface area contributed by atoms with Gasteiger partial charge in [-0.2, -0.15) is 0 Å². The summed E-state index contributed by atoms with van der Waals surface area (Å²) >= 11 is 0. The van der Waals surface area contributed by atoms with E-state index in [4.69, 9.17) is 53.1 Å². The summed E-state index contributed by atoms with van der Waals surface area (Å²) in [6.45, 7) is 7.00. The lowest BCUT2D eigenvalue weighted by molar-refractivity contribution is -0.346. The number of carboxylic acids is 1. The van der Waals surface area contributed by atoms with Crippen molar-refractivity contribution in [3.05, 3.63) is 149 Å². The number of anilines is 1. The second-order valence-corrected chi connectivity index (χ2v) is 28.4. The molecule has 3 fully saturated rings. The fourth-order valence-corrected chi connectivity index (χ4v) is 14.9. The van der Waals surface area contributed by atoms with Crippen molar-refractivity contribution in [2.45, 2.75) is 139 Å². The number of amides is 5. The van der Waals surface area contributed by atoms with Crippen molar-refractivity contribution >= 4 is 94.7 Å². The van der Waals surface area contributed by atoms with E-state index in [2.05, 4.69) is 46.9 Å². The van der Waals surface area contributed by atoms with E-state index in [-0.39, 0.29) is 118 Å². The number of benzene rings is 4. The molecule has 6 aliphatic rings. The molecular formula is C78H92N10O25. The largest absolute Gasteiger partial charge is 0.480 e. The zero-order valence-corrected chi connectivity index (χ0v) is 63.0. The Labute approximate surface area is 648 Å². The molecule has 2 bridgehead atoms. The molecule has 3 aliphatic heterocycles. The van der Waals surface area contributed by atoms with Crippen LogP contribution in [-0.4, -0.2) is 250 Å². The topological polar surface area (TPSA) is 493 Å². The molecule has 35 nitrogen and oxygen atoms in total. The first-order valence-electron chi connectivity index (χ1n) is 36.6. The molecule has 10 rings (SSSR count). The summed E-state index contributed by atoms with van der Waals surface area (Å²) in [5.41, 5.74) is -1.29. The minimum Gasteiger partial charge on any atom is -0.480 e. The third-order valence-corrected chi connectivity index (χ3v) is 20.7. The SMILES string of the molecule is CC(=O)O[C@H]1C(=O)[C@@]2(C)[C@H]([C@H](OC(=O)c3ccccc3)[C@]3(O)C[C@H](OC(=O)[C@H](OC(=O)COCC(=O)NCCOCCOCCOCCNC(=O)CC[C@H](NC(=O)c4ccc(NCC5=NC6C(=O)NC(N)=NC6N=C5)cc4)C(=O)O)[C@@H](NC(=O)c4ccccc4)c4ccccc4)C(C)=C1C3(C)C)[C@]1(OC(C)=O)CO[C@@H]1C[C@@H]2O. The van der Waals surface area contributed by atoms with Crippen LogP contribution in [0, 0.1) is 16.7 Å². The van der Waals surface area contributed by atoms with Crippen molar-refractivity contribution in [1.82, 2.24) is 26.6 Å². The molecule has 35 heteroatoms. The van der Waals surface area contributed by atoms with Crippen molar-refractivity contribution in [1.29, 1.82) is 0 Å². The highest BCUT2D eigenvalue weighted by atomic mass is 16.6. The number of aliphatic hydroxyl groups excluding tert-OH is 1. The zero-order valence-electron chi connectivity index (χ0n) is 63.0. The molecule has 2 unspecified atom stereocenters. The Bertz CT molecular complexity index is 4320. The molecule has 0 aromatic heterocycles. The number of ether oxygens (including phenoxy) is 10. The fraction of sp³-hybridized carbons (Fsp3) is 0.474. The number of nitrogens with zero attached hydrogens (tertiary/aromatic N) is 3. The van der Waals surface area contributed by atoms with Crippen molar-refractivity contribution in [3.8, 4) is 0 Å².